The van der Waals surface area contributed by atoms with Crippen LogP contribution in [0.4, 0.5) is 52.7 Å². The van der Waals surface area contributed by atoms with Gasteiger partial charge in [-0.2, -0.15) is 26.3 Å². The van der Waals surface area contributed by atoms with Crippen molar-refractivity contribution < 1.29 is 52.7 Å². The normalized spacial score (nSPS) is 49.7. The summed E-state index contributed by atoms with van der Waals surface area (Å²) in [6.45, 7) is 0.365. The summed E-state index contributed by atoms with van der Waals surface area (Å²) in [4.78, 5) is 0. The summed E-state index contributed by atoms with van der Waals surface area (Å²) < 4.78 is 172. The Balaban J connectivity index is 2.26. The van der Waals surface area contributed by atoms with Gasteiger partial charge in [-0.1, -0.05) is 0 Å². The Labute approximate surface area is 135 Å². The van der Waals surface area contributed by atoms with Gasteiger partial charge in [0, 0.05) is 11.1 Å². The molecule has 0 amide bonds. The fourth-order valence-corrected chi connectivity index (χ4v) is 4.30. The van der Waals surface area contributed by atoms with Crippen molar-refractivity contribution in [2.24, 2.45) is 0 Å². The molecule has 4 atom stereocenters. The Morgan fingerprint density at radius 1 is 0.577 bits per heavy atom. The van der Waals surface area contributed by atoms with Gasteiger partial charge >= 0.3 is 17.8 Å². The fourth-order valence-electron chi connectivity index (χ4n) is 4.30. The molecule has 144 valence electrons. The van der Waals surface area contributed by atoms with Gasteiger partial charge in [-0.3, -0.25) is 0 Å². The summed E-state index contributed by atoms with van der Waals surface area (Å²) in [5.41, 5.74) is -28.7. The molecule has 0 radical (unpaired) electrons. The molecule has 0 fully saturated rings. The molecule has 0 spiro atoms. The first-order chi connectivity index (χ1) is 11.4. The molecule has 5 aliphatic carbocycles. The van der Waals surface area contributed by atoms with E-state index in [1.54, 1.807) is 0 Å². The number of alkyl halides is 10. The third kappa shape index (κ3) is 1.06. The highest BCUT2D eigenvalue weighted by molar-refractivity contribution is 5.75. The van der Waals surface area contributed by atoms with Crippen LogP contribution in [0.15, 0.2) is 34.4 Å². The Bertz CT molecular complexity index is 880. The van der Waals surface area contributed by atoms with Gasteiger partial charge in [-0.05, 0) is 18.6 Å². The smallest absolute Gasteiger partial charge is 0.227 e. The molecule has 5 aliphatic rings. The standard InChI is InChI=1S/C14H4F12/c1-3-2-8(17)4-5(9(3,18)12(8,21)22)11(20)7(16)6(15)10(4,19)13(23,24)14(11,25)26/h2H,1H3/t8-,9+,10+,11-/m1/s1. The summed E-state index contributed by atoms with van der Waals surface area (Å²) in [5, 5.41) is 0. The maximum atomic E-state index is 15.0. The summed E-state index contributed by atoms with van der Waals surface area (Å²) >= 11 is 0. The number of hydrogen-bond donors (Lipinski definition) is 0. The van der Waals surface area contributed by atoms with Crippen molar-refractivity contribution in [1.29, 1.82) is 0 Å². The van der Waals surface area contributed by atoms with Gasteiger partial charge in [0.25, 0.3) is 11.3 Å². The molecule has 12 heteroatoms. The van der Waals surface area contributed by atoms with Crippen molar-refractivity contribution >= 4 is 0 Å². The highest BCUT2D eigenvalue weighted by Gasteiger charge is 2.99. The first kappa shape index (κ1) is 17.8. The minimum absolute atomic E-state index is 0.365. The lowest BCUT2D eigenvalue weighted by atomic mass is 9.58. The molecule has 0 saturated heterocycles. The van der Waals surface area contributed by atoms with Crippen molar-refractivity contribution in [2.45, 2.75) is 47.4 Å². The zero-order chi connectivity index (χ0) is 20.1. The van der Waals surface area contributed by atoms with Crippen molar-refractivity contribution in [3.8, 4) is 0 Å². The molecule has 4 bridgehead atoms. The molecule has 0 aliphatic heterocycles. The molecular weight excluding hydrogens is 396 g/mol. The van der Waals surface area contributed by atoms with Crippen LogP contribution in [-0.2, 0) is 0 Å². The van der Waals surface area contributed by atoms with Gasteiger partial charge in [0.1, 0.15) is 0 Å². The minimum atomic E-state index is -6.52. The lowest BCUT2D eigenvalue weighted by Crippen LogP contribution is -2.75. The third-order valence-electron chi connectivity index (χ3n) is 5.55. The topological polar surface area (TPSA) is 0 Å². The molecule has 0 aromatic heterocycles. The van der Waals surface area contributed by atoms with E-state index in [1.165, 1.54) is 0 Å². The lowest BCUT2D eigenvalue weighted by molar-refractivity contribution is -0.316. The largest absolute Gasteiger partial charge is 0.358 e. The van der Waals surface area contributed by atoms with E-state index in [-0.39, 0.29) is 0 Å². The number of halogens is 12. The lowest BCUT2D eigenvalue weighted by Gasteiger charge is -2.54. The first-order valence-corrected chi connectivity index (χ1v) is 6.85. The fraction of sp³-hybridized carbons (Fsp3) is 0.571. The van der Waals surface area contributed by atoms with E-state index >= 15 is 0 Å². The van der Waals surface area contributed by atoms with Crippen LogP contribution in [0.5, 0.6) is 0 Å². The molecule has 0 heterocycles. The second-order valence-corrected chi connectivity index (χ2v) is 6.62. The molecule has 0 aromatic rings. The number of hydrogen-bond acceptors (Lipinski definition) is 0. The molecular formula is C14H4F12. The monoisotopic (exact) mass is 400 g/mol. The number of fused-ring (bicyclic) bond motifs is 3. The second-order valence-electron chi connectivity index (χ2n) is 6.62. The molecule has 0 N–H and O–H groups in total. The van der Waals surface area contributed by atoms with Crippen LogP contribution in [0.3, 0.4) is 0 Å². The molecule has 0 unspecified atom stereocenters. The van der Waals surface area contributed by atoms with Crippen LogP contribution in [0, 0.1) is 0 Å². The highest BCUT2D eigenvalue weighted by Crippen LogP contribution is 2.80. The Kier molecular flexibility index (Phi) is 2.52. The van der Waals surface area contributed by atoms with Crippen molar-refractivity contribution in [3.05, 3.63) is 34.4 Å². The summed E-state index contributed by atoms with van der Waals surface area (Å²) in [5.74, 6) is -25.7. The highest BCUT2D eigenvalue weighted by atomic mass is 19.3. The van der Waals surface area contributed by atoms with Crippen molar-refractivity contribution in [1.82, 2.24) is 0 Å². The Morgan fingerprint density at radius 2 is 0.962 bits per heavy atom. The van der Waals surface area contributed by atoms with Crippen molar-refractivity contribution in [2.75, 3.05) is 0 Å². The average molecular weight is 400 g/mol. The third-order valence-corrected chi connectivity index (χ3v) is 5.55. The van der Waals surface area contributed by atoms with Gasteiger partial charge in [-0.25, -0.2) is 26.3 Å². The van der Waals surface area contributed by atoms with Crippen molar-refractivity contribution in [3.63, 3.8) is 0 Å². The molecule has 26 heavy (non-hydrogen) atoms. The van der Waals surface area contributed by atoms with E-state index in [4.69, 9.17) is 0 Å². The maximum absolute atomic E-state index is 15.0. The zero-order valence-electron chi connectivity index (χ0n) is 12.1. The quantitative estimate of drug-likeness (QED) is 0.389. The predicted molar refractivity (Wildman–Crippen MR) is 60.2 cm³/mol. The minimum Gasteiger partial charge on any atom is -0.227 e. The Morgan fingerprint density at radius 3 is 1.38 bits per heavy atom. The van der Waals surface area contributed by atoms with Crippen LogP contribution in [0.25, 0.3) is 0 Å². The molecule has 0 nitrogen and oxygen atoms in total. The maximum Gasteiger partial charge on any atom is 0.358 e. The average Bonchev–Trinajstić information content (AvgIpc) is 2.73. The SMILES string of the molecule is CC1=C[C@@]2(F)C3=C([C@@]4(F)C(F)=C(F)[C@]3(F)C(F)(F)C4(F)F)[C@]1(F)C2(F)F. The van der Waals surface area contributed by atoms with Gasteiger partial charge in [-0.15, -0.1) is 0 Å². The van der Waals surface area contributed by atoms with Gasteiger partial charge in [0.2, 0.25) is 11.3 Å². The second kappa shape index (κ2) is 3.68. The van der Waals surface area contributed by atoms with E-state index in [1.807, 2.05) is 0 Å². The van der Waals surface area contributed by atoms with E-state index < -0.39 is 74.9 Å². The number of allylic oxidation sites excluding steroid dienone is 6. The van der Waals surface area contributed by atoms with Gasteiger partial charge in [0.05, 0.1) is 0 Å². The van der Waals surface area contributed by atoms with Crippen LogP contribution >= 0.6 is 0 Å². The van der Waals surface area contributed by atoms with Crippen LogP contribution < -0.4 is 0 Å². The van der Waals surface area contributed by atoms with E-state index in [0.29, 0.717) is 6.92 Å². The van der Waals surface area contributed by atoms with E-state index in [2.05, 4.69) is 0 Å². The zero-order valence-corrected chi connectivity index (χ0v) is 12.1. The summed E-state index contributed by atoms with van der Waals surface area (Å²) in [6.07, 6.45) is -0.420. The first-order valence-electron chi connectivity index (χ1n) is 6.85. The van der Waals surface area contributed by atoms with Crippen LogP contribution in [0.1, 0.15) is 6.92 Å². The van der Waals surface area contributed by atoms with Gasteiger partial charge in [0.15, 0.2) is 11.7 Å². The molecule has 0 aromatic carbocycles. The van der Waals surface area contributed by atoms with Crippen LogP contribution in [-0.4, -0.2) is 40.4 Å². The molecule has 5 rings (SSSR count). The summed E-state index contributed by atoms with van der Waals surface area (Å²) in [6, 6.07) is 0. The molecule has 0 saturated carbocycles. The van der Waals surface area contributed by atoms with E-state index in [9.17, 15) is 52.7 Å². The summed E-state index contributed by atoms with van der Waals surface area (Å²) in [7, 11) is 0. The van der Waals surface area contributed by atoms with Crippen LogP contribution in [0.2, 0.25) is 0 Å². The Hall–Kier alpha value is -1.62. The van der Waals surface area contributed by atoms with Gasteiger partial charge < -0.3 is 0 Å². The van der Waals surface area contributed by atoms with E-state index in [0.717, 1.165) is 0 Å². The number of rotatable bonds is 0. The predicted octanol–water partition coefficient (Wildman–Crippen LogP) is 5.17.